The summed E-state index contributed by atoms with van der Waals surface area (Å²) in [6, 6.07) is 0. The van der Waals surface area contributed by atoms with Gasteiger partial charge in [0.2, 0.25) is 0 Å². The molecule has 0 heterocycles. The van der Waals surface area contributed by atoms with Crippen LogP contribution in [-0.4, -0.2) is 49.3 Å². The van der Waals surface area contributed by atoms with Gasteiger partial charge in [0.1, 0.15) is 6.61 Å². The van der Waals surface area contributed by atoms with Gasteiger partial charge in [-0.2, -0.15) is 0 Å². The Labute approximate surface area is 499 Å². The summed E-state index contributed by atoms with van der Waals surface area (Å²) in [6.07, 6.45) is 89.2. The number of unbranched alkanes of at least 4 members (excludes halogenated alkanes) is 34. The molecule has 0 aliphatic carbocycles. The maximum absolute atomic E-state index is 12.8. The number of ether oxygens (including phenoxy) is 2. The zero-order valence-electron chi connectivity index (χ0n) is 52.5. The zero-order chi connectivity index (χ0) is 58.7. The lowest BCUT2D eigenvalue weighted by Gasteiger charge is -2.19. The van der Waals surface area contributed by atoms with Gasteiger partial charge in [0.05, 0.1) is 13.2 Å². The van der Waals surface area contributed by atoms with Crippen molar-refractivity contribution in [3.05, 3.63) is 97.2 Å². The van der Waals surface area contributed by atoms with Crippen LogP contribution in [0.1, 0.15) is 309 Å². The number of hydrogen-bond acceptors (Lipinski definition) is 8. The molecule has 0 aliphatic heterocycles. The van der Waals surface area contributed by atoms with Crippen molar-refractivity contribution < 1.29 is 37.6 Å². The fourth-order valence-corrected chi connectivity index (χ4v) is 10.3. The van der Waals surface area contributed by atoms with Crippen molar-refractivity contribution >= 4 is 19.8 Å². The Morgan fingerprint density at radius 3 is 1.01 bits per heavy atom. The zero-order valence-corrected chi connectivity index (χ0v) is 53.4. The van der Waals surface area contributed by atoms with Gasteiger partial charge in [0.15, 0.2) is 6.10 Å². The number of phosphoric ester groups is 1. The van der Waals surface area contributed by atoms with Crippen molar-refractivity contribution in [1.29, 1.82) is 0 Å². The standard InChI is InChI=1S/C71H126NO8P/c1-3-5-7-9-11-13-15-17-19-21-23-25-26-27-28-29-30-31-32-33-34-35-36-37-38-39-40-41-42-44-46-48-50-52-54-56-58-60-62-64-71(74)80-69(68-79-81(75,76)78-66-65-72)67-77-70(73)63-61-59-57-55-53-51-49-47-45-43-24-22-20-18-16-14-12-10-8-6-4-2/h5,7,11,13,16-19,22-25,27-28,30-31,69H,3-4,6,8-10,12,14-15,20-21,26,29,32-68,72H2,1-2H3,(H,75,76)/b7-5-,13-11-,18-16-,19-17-,24-22-,25-23-,28-27-,31-30-. The number of nitrogens with two attached hydrogens (primary N) is 1. The quantitative estimate of drug-likeness (QED) is 0.0264. The topological polar surface area (TPSA) is 134 Å². The normalized spacial score (nSPS) is 13.6. The van der Waals surface area contributed by atoms with E-state index in [2.05, 4.69) is 111 Å². The van der Waals surface area contributed by atoms with E-state index in [1.54, 1.807) is 0 Å². The lowest BCUT2D eigenvalue weighted by molar-refractivity contribution is -0.161. The number of hydrogen-bond donors (Lipinski definition) is 2. The van der Waals surface area contributed by atoms with E-state index in [1.165, 1.54) is 193 Å². The largest absolute Gasteiger partial charge is 0.472 e. The van der Waals surface area contributed by atoms with Crippen LogP contribution in [0.3, 0.4) is 0 Å². The first kappa shape index (κ1) is 77.9. The molecule has 0 radical (unpaired) electrons. The van der Waals surface area contributed by atoms with E-state index in [4.69, 9.17) is 24.3 Å². The summed E-state index contributed by atoms with van der Waals surface area (Å²) in [5.74, 6) is -0.823. The van der Waals surface area contributed by atoms with Gasteiger partial charge in [-0.05, 0) is 96.3 Å². The molecule has 0 spiro atoms. The molecule has 0 fully saturated rings. The molecule has 0 aromatic carbocycles. The lowest BCUT2D eigenvalue weighted by Crippen LogP contribution is -2.29. The summed E-state index contributed by atoms with van der Waals surface area (Å²) in [5, 5.41) is 0. The molecule has 2 atom stereocenters. The minimum atomic E-state index is -4.39. The first-order valence-corrected chi connectivity index (χ1v) is 35.2. The van der Waals surface area contributed by atoms with Gasteiger partial charge < -0.3 is 20.1 Å². The van der Waals surface area contributed by atoms with Crippen LogP contribution in [-0.2, 0) is 32.7 Å². The number of esters is 2. The maximum atomic E-state index is 12.8. The smallest absolute Gasteiger partial charge is 0.462 e. The van der Waals surface area contributed by atoms with Gasteiger partial charge in [-0.15, -0.1) is 0 Å². The average molecular weight is 1150 g/mol. The van der Waals surface area contributed by atoms with Crippen molar-refractivity contribution in [2.45, 2.75) is 315 Å². The van der Waals surface area contributed by atoms with E-state index < -0.39 is 26.5 Å². The Balaban J connectivity index is 3.84. The van der Waals surface area contributed by atoms with Crippen molar-refractivity contribution in [2.75, 3.05) is 26.4 Å². The van der Waals surface area contributed by atoms with Crippen LogP contribution < -0.4 is 5.73 Å². The minimum Gasteiger partial charge on any atom is -0.462 e. The third kappa shape index (κ3) is 65.9. The number of rotatable bonds is 63. The highest BCUT2D eigenvalue weighted by molar-refractivity contribution is 7.47. The summed E-state index contributed by atoms with van der Waals surface area (Å²) >= 11 is 0. The van der Waals surface area contributed by atoms with Gasteiger partial charge in [0.25, 0.3) is 0 Å². The summed E-state index contributed by atoms with van der Waals surface area (Å²) in [7, 11) is -4.39. The SMILES string of the molecule is CC/C=C\C/C=C\C/C=C\C/C=C\C/C=C\C/C=C\CCCCCCCCCCCCCCCCCCCCCCC(=O)OC(COC(=O)CCCCCCCCCCC/C=C\C/C=C\CCCCCCC)COP(=O)(O)OCCN. The van der Waals surface area contributed by atoms with E-state index >= 15 is 0 Å². The molecule has 0 aromatic rings. The Morgan fingerprint density at radius 1 is 0.383 bits per heavy atom. The summed E-state index contributed by atoms with van der Waals surface area (Å²) < 4.78 is 33.1. The molecule has 0 aromatic heterocycles. The van der Waals surface area contributed by atoms with Crippen LogP contribution in [0.15, 0.2) is 97.2 Å². The molecular weight excluding hydrogens is 1030 g/mol. The van der Waals surface area contributed by atoms with Crippen LogP contribution in [0.2, 0.25) is 0 Å². The highest BCUT2D eigenvalue weighted by atomic mass is 31.2. The number of allylic oxidation sites excluding steroid dienone is 16. The van der Waals surface area contributed by atoms with Crippen LogP contribution in [0.4, 0.5) is 0 Å². The van der Waals surface area contributed by atoms with Crippen LogP contribution in [0, 0.1) is 0 Å². The number of carbonyl (C=O) groups is 2. The second-order valence-corrected chi connectivity index (χ2v) is 23.8. The molecule has 81 heavy (non-hydrogen) atoms. The van der Waals surface area contributed by atoms with E-state index in [9.17, 15) is 19.0 Å². The maximum Gasteiger partial charge on any atom is 0.472 e. The van der Waals surface area contributed by atoms with E-state index in [1.807, 2.05) is 0 Å². The summed E-state index contributed by atoms with van der Waals surface area (Å²) in [5.41, 5.74) is 5.40. The second-order valence-electron chi connectivity index (χ2n) is 22.3. The van der Waals surface area contributed by atoms with Gasteiger partial charge in [-0.3, -0.25) is 18.6 Å². The minimum absolute atomic E-state index is 0.0513. The molecule has 9 nitrogen and oxygen atoms in total. The van der Waals surface area contributed by atoms with Crippen LogP contribution in [0.25, 0.3) is 0 Å². The van der Waals surface area contributed by atoms with E-state index in [-0.39, 0.29) is 38.6 Å². The molecule has 0 saturated carbocycles. The van der Waals surface area contributed by atoms with Crippen molar-refractivity contribution in [2.24, 2.45) is 5.73 Å². The Morgan fingerprint density at radius 2 is 0.679 bits per heavy atom. The third-order valence-corrected chi connectivity index (χ3v) is 15.4. The summed E-state index contributed by atoms with van der Waals surface area (Å²) in [4.78, 5) is 35.3. The summed E-state index contributed by atoms with van der Waals surface area (Å²) in [6.45, 7) is 3.65. The Kier molecular flexibility index (Phi) is 63.6. The fraction of sp³-hybridized carbons (Fsp3) is 0.746. The van der Waals surface area contributed by atoms with Gasteiger partial charge in [0, 0.05) is 19.4 Å². The monoisotopic (exact) mass is 1150 g/mol. The molecule has 0 amide bonds. The molecule has 3 N–H and O–H groups in total. The molecule has 2 unspecified atom stereocenters. The van der Waals surface area contributed by atoms with Crippen molar-refractivity contribution in [1.82, 2.24) is 0 Å². The van der Waals surface area contributed by atoms with Crippen LogP contribution in [0.5, 0.6) is 0 Å². The Hall–Kier alpha value is -3.07. The molecule has 0 bridgehead atoms. The highest BCUT2D eigenvalue weighted by Gasteiger charge is 2.26. The van der Waals surface area contributed by atoms with Gasteiger partial charge >= 0.3 is 19.8 Å². The molecule has 0 aliphatic rings. The number of phosphoric acid groups is 1. The molecular formula is C71H126NO8P. The predicted molar refractivity (Wildman–Crippen MR) is 348 cm³/mol. The van der Waals surface area contributed by atoms with E-state index in [0.717, 1.165) is 83.5 Å². The van der Waals surface area contributed by atoms with Gasteiger partial charge in [-0.1, -0.05) is 297 Å². The third-order valence-electron chi connectivity index (χ3n) is 14.5. The van der Waals surface area contributed by atoms with Crippen molar-refractivity contribution in [3.63, 3.8) is 0 Å². The molecule has 0 rings (SSSR count). The number of carbonyl (C=O) groups excluding carboxylic acids is 2. The average Bonchev–Trinajstić information content (AvgIpc) is 3.46. The fourth-order valence-electron chi connectivity index (χ4n) is 9.50. The van der Waals surface area contributed by atoms with Gasteiger partial charge in [-0.25, -0.2) is 4.57 Å². The Bertz CT molecular complexity index is 1650. The van der Waals surface area contributed by atoms with Crippen LogP contribution >= 0.6 is 7.82 Å². The first-order chi connectivity index (χ1) is 39.8. The highest BCUT2D eigenvalue weighted by Crippen LogP contribution is 2.43. The first-order valence-electron chi connectivity index (χ1n) is 33.7. The molecule has 468 valence electrons. The lowest BCUT2D eigenvalue weighted by atomic mass is 10.0. The van der Waals surface area contributed by atoms with E-state index in [0.29, 0.717) is 6.42 Å². The second kappa shape index (κ2) is 66.1. The molecule has 0 saturated heterocycles. The molecule has 10 heteroatoms. The predicted octanol–water partition coefficient (Wildman–Crippen LogP) is 22.0. The van der Waals surface area contributed by atoms with Crippen molar-refractivity contribution in [3.8, 4) is 0 Å².